The monoisotopic (exact) mass is 257 g/mol. The molecule has 0 aliphatic heterocycles. The predicted octanol–water partition coefficient (Wildman–Crippen LogP) is 1.08. The summed E-state index contributed by atoms with van der Waals surface area (Å²) in [5, 5.41) is 0. The molecule has 94 valence electrons. The van der Waals surface area contributed by atoms with Crippen molar-refractivity contribution in [2.24, 2.45) is 0 Å². The number of esters is 1. The highest BCUT2D eigenvalue weighted by molar-refractivity contribution is 7.88. The molecule has 1 rings (SSSR count). The summed E-state index contributed by atoms with van der Waals surface area (Å²) in [6.45, 7) is 1.67. The van der Waals surface area contributed by atoms with Crippen LogP contribution in [0.15, 0.2) is 24.3 Å². The van der Waals surface area contributed by atoms with Gasteiger partial charge in [-0.2, -0.15) is 0 Å². The van der Waals surface area contributed by atoms with Crippen molar-refractivity contribution in [3.8, 4) is 0 Å². The molecule has 0 fully saturated rings. The molecule has 0 spiro atoms. The van der Waals surface area contributed by atoms with Gasteiger partial charge in [-0.05, 0) is 18.6 Å². The number of hydrogen-bond acceptors (Lipinski definition) is 4. The lowest BCUT2D eigenvalue weighted by Crippen LogP contribution is -2.26. The number of carbonyl (C=O) groups is 1. The Kier molecular flexibility index (Phi) is 4.25. The molecule has 1 atom stereocenters. The van der Waals surface area contributed by atoms with Gasteiger partial charge in [-0.1, -0.05) is 18.2 Å². The fourth-order valence-corrected chi connectivity index (χ4v) is 2.32. The Morgan fingerprint density at radius 2 is 1.94 bits per heavy atom. The lowest BCUT2D eigenvalue weighted by molar-refractivity contribution is 0.0599. The summed E-state index contributed by atoms with van der Waals surface area (Å²) in [5.41, 5.74) is 0.948. The summed E-state index contributed by atoms with van der Waals surface area (Å²) in [6, 6.07) is 6.24. The van der Waals surface area contributed by atoms with Gasteiger partial charge in [0.05, 0.1) is 18.9 Å². The van der Waals surface area contributed by atoms with Gasteiger partial charge in [0.15, 0.2) is 0 Å². The third-order valence-electron chi connectivity index (χ3n) is 2.22. The smallest absolute Gasteiger partial charge is 0.338 e. The van der Waals surface area contributed by atoms with E-state index in [0.717, 1.165) is 6.26 Å². The van der Waals surface area contributed by atoms with Crippen molar-refractivity contribution in [1.82, 2.24) is 4.72 Å². The highest BCUT2D eigenvalue weighted by atomic mass is 32.2. The maximum absolute atomic E-state index is 11.5. The third-order valence-corrected chi connectivity index (χ3v) is 3.01. The van der Waals surface area contributed by atoms with E-state index >= 15 is 0 Å². The van der Waals surface area contributed by atoms with E-state index in [-0.39, 0.29) is 0 Å². The first-order valence-electron chi connectivity index (χ1n) is 4.99. The van der Waals surface area contributed by atoms with Crippen LogP contribution < -0.4 is 4.72 Å². The zero-order valence-corrected chi connectivity index (χ0v) is 10.7. The van der Waals surface area contributed by atoms with Crippen molar-refractivity contribution >= 4 is 16.0 Å². The van der Waals surface area contributed by atoms with Crippen molar-refractivity contribution < 1.29 is 17.9 Å². The molecule has 1 N–H and O–H groups in total. The largest absolute Gasteiger partial charge is 0.465 e. The number of carbonyl (C=O) groups excluding carboxylic acids is 1. The van der Waals surface area contributed by atoms with Crippen LogP contribution in [0.3, 0.4) is 0 Å². The van der Waals surface area contributed by atoms with Crippen molar-refractivity contribution in [2.75, 3.05) is 13.4 Å². The summed E-state index contributed by atoms with van der Waals surface area (Å²) in [7, 11) is -2.04. The molecule has 0 aliphatic carbocycles. The van der Waals surface area contributed by atoms with Gasteiger partial charge in [0, 0.05) is 6.04 Å². The molecule has 0 aliphatic rings. The van der Waals surface area contributed by atoms with E-state index in [9.17, 15) is 13.2 Å². The van der Waals surface area contributed by atoms with Crippen molar-refractivity contribution in [1.29, 1.82) is 0 Å². The number of sulfonamides is 1. The molecule has 5 nitrogen and oxygen atoms in total. The summed E-state index contributed by atoms with van der Waals surface area (Å²) < 4.78 is 29.3. The molecular weight excluding hydrogens is 242 g/mol. The molecule has 1 unspecified atom stereocenters. The quantitative estimate of drug-likeness (QED) is 0.819. The maximum Gasteiger partial charge on any atom is 0.338 e. The van der Waals surface area contributed by atoms with Crippen LogP contribution in [0.2, 0.25) is 0 Å². The van der Waals surface area contributed by atoms with Gasteiger partial charge in [0.2, 0.25) is 10.0 Å². The molecule has 0 saturated carbocycles. The van der Waals surface area contributed by atoms with Gasteiger partial charge < -0.3 is 4.74 Å². The maximum atomic E-state index is 11.5. The zero-order chi connectivity index (χ0) is 13.1. The number of benzene rings is 1. The second-order valence-electron chi connectivity index (χ2n) is 3.69. The molecule has 17 heavy (non-hydrogen) atoms. The number of rotatable bonds is 4. The number of nitrogens with one attached hydrogen (secondary N) is 1. The lowest BCUT2D eigenvalue weighted by atomic mass is 10.0. The normalized spacial score (nSPS) is 13.1. The molecule has 0 saturated heterocycles. The van der Waals surface area contributed by atoms with Crippen LogP contribution in [0.4, 0.5) is 0 Å². The summed E-state index contributed by atoms with van der Waals surface area (Å²) in [4.78, 5) is 11.5. The number of ether oxygens (including phenoxy) is 1. The molecule has 0 heterocycles. The molecule has 1 aromatic carbocycles. The van der Waals surface area contributed by atoms with E-state index in [4.69, 9.17) is 0 Å². The third kappa shape index (κ3) is 3.83. The Morgan fingerprint density at radius 1 is 1.35 bits per heavy atom. The number of methoxy groups -OCH3 is 1. The Hall–Kier alpha value is -1.40. The van der Waals surface area contributed by atoms with Crippen molar-refractivity contribution in [3.63, 3.8) is 0 Å². The summed E-state index contributed by atoms with van der Waals surface area (Å²) >= 11 is 0. The van der Waals surface area contributed by atoms with Gasteiger partial charge in [0.1, 0.15) is 0 Å². The molecule has 0 aromatic heterocycles. The van der Waals surface area contributed by atoms with Gasteiger partial charge in [-0.15, -0.1) is 0 Å². The fourth-order valence-electron chi connectivity index (χ4n) is 1.56. The second-order valence-corrected chi connectivity index (χ2v) is 5.47. The lowest BCUT2D eigenvalue weighted by Gasteiger charge is -2.15. The van der Waals surface area contributed by atoms with E-state index in [1.807, 2.05) is 0 Å². The average molecular weight is 257 g/mol. The molecule has 1 aromatic rings. The van der Waals surface area contributed by atoms with Crippen LogP contribution in [0.25, 0.3) is 0 Å². The Bertz CT molecular complexity index is 510. The van der Waals surface area contributed by atoms with Gasteiger partial charge in [-0.25, -0.2) is 17.9 Å². The van der Waals surface area contributed by atoms with E-state index in [2.05, 4.69) is 9.46 Å². The van der Waals surface area contributed by atoms with Crippen LogP contribution in [-0.2, 0) is 14.8 Å². The fraction of sp³-hybridized carbons (Fsp3) is 0.364. The topological polar surface area (TPSA) is 72.5 Å². The molecule has 0 radical (unpaired) electrons. The van der Waals surface area contributed by atoms with Crippen LogP contribution in [0.5, 0.6) is 0 Å². The highest BCUT2D eigenvalue weighted by Crippen LogP contribution is 2.19. The van der Waals surface area contributed by atoms with Gasteiger partial charge in [0.25, 0.3) is 0 Å². The van der Waals surface area contributed by atoms with Crippen LogP contribution in [0, 0.1) is 0 Å². The van der Waals surface area contributed by atoms with Crippen molar-refractivity contribution in [3.05, 3.63) is 35.4 Å². The van der Waals surface area contributed by atoms with Crippen LogP contribution >= 0.6 is 0 Å². The molecule has 0 amide bonds. The Labute approximate surface area is 101 Å². The van der Waals surface area contributed by atoms with E-state index in [1.165, 1.54) is 7.11 Å². The van der Waals surface area contributed by atoms with Gasteiger partial charge in [-0.3, -0.25) is 0 Å². The minimum absolute atomic E-state index is 0.360. The predicted molar refractivity (Wildman–Crippen MR) is 64.2 cm³/mol. The van der Waals surface area contributed by atoms with Crippen LogP contribution in [-0.4, -0.2) is 27.8 Å². The first kappa shape index (κ1) is 13.7. The Morgan fingerprint density at radius 3 is 2.47 bits per heavy atom. The highest BCUT2D eigenvalue weighted by Gasteiger charge is 2.18. The molecular formula is C11H15NO4S. The van der Waals surface area contributed by atoms with E-state index in [1.54, 1.807) is 31.2 Å². The second kappa shape index (κ2) is 5.29. The summed E-state index contributed by atoms with van der Waals surface area (Å²) in [5.74, 6) is -0.484. The van der Waals surface area contributed by atoms with Crippen molar-refractivity contribution in [2.45, 2.75) is 13.0 Å². The van der Waals surface area contributed by atoms with Gasteiger partial charge >= 0.3 is 5.97 Å². The summed E-state index contributed by atoms with van der Waals surface area (Å²) in [6.07, 6.45) is 1.07. The SMILES string of the molecule is COC(=O)c1ccccc1C(C)NS(C)(=O)=O. The van der Waals surface area contributed by atoms with Crippen LogP contribution in [0.1, 0.15) is 28.9 Å². The van der Waals surface area contributed by atoms with E-state index < -0.39 is 22.0 Å². The standard InChI is InChI=1S/C11H15NO4S/c1-8(12-17(3,14)15)9-6-4-5-7-10(9)11(13)16-2/h4-8,12H,1-3H3. The molecule has 6 heteroatoms. The first-order valence-corrected chi connectivity index (χ1v) is 6.89. The molecule has 0 bridgehead atoms. The number of hydrogen-bond donors (Lipinski definition) is 1. The first-order chi connectivity index (χ1) is 7.85. The minimum Gasteiger partial charge on any atom is -0.465 e. The average Bonchev–Trinajstić information content (AvgIpc) is 2.25. The zero-order valence-electron chi connectivity index (χ0n) is 9.93. The Balaban J connectivity index is 3.09. The van der Waals surface area contributed by atoms with E-state index in [0.29, 0.717) is 11.1 Å². The minimum atomic E-state index is -3.32.